The number of urea groups is 1. The molecule has 0 aliphatic heterocycles. The van der Waals surface area contributed by atoms with Crippen LogP contribution in [0.3, 0.4) is 0 Å². The van der Waals surface area contributed by atoms with Gasteiger partial charge in [-0.1, -0.05) is 46.5 Å². The molecule has 5 nitrogen and oxygen atoms in total. The van der Waals surface area contributed by atoms with Gasteiger partial charge in [0.1, 0.15) is 6.29 Å². The van der Waals surface area contributed by atoms with Crippen molar-refractivity contribution >= 4 is 12.3 Å². The van der Waals surface area contributed by atoms with Gasteiger partial charge in [0.25, 0.3) is 0 Å². The lowest BCUT2D eigenvalue weighted by Crippen LogP contribution is -2.55. The van der Waals surface area contributed by atoms with Crippen molar-refractivity contribution in [3.05, 3.63) is 0 Å². The normalized spacial score (nSPS) is 19.8. The molecular formula is C17H33N3O2. The van der Waals surface area contributed by atoms with Gasteiger partial charge in [-0.3, -0.25) is 0 Å². The molecule has 0 aromatic rings. The molecule has 2 atom stereocenters. The minimum atomic E-state index is -0.367. The van der Waals surface area contributed by atoms with Gasteiger partial charge >= 0.3 is 6.03 Å². The maximum absolute atomic E-state index is 12.3. The number of hydrogen-bond donors (Lipinski definition) is 3. The standard InChI is InChI=1S/C17H33N3O2/c1-17(2,3)15(11-18-4)20-16(22)19-14(12-21)13-9-7-5-6-8-10-13/h12-15,18H,5-11H2,1-4H3,(H2,19,20,22). The Bertz CT molecular complexity index is 344. The van der Waals surface area contributed by atoms with Crippen LogP contribution in [0.1, 0.15) is 59.3 Å². The average Bonchev–Trinajstić information content (AvgIpc) is 2.72. The summed E-state index contributed by atoms with van der Waals surface area (Å²) in [6.07, 6.45) is 7.75. The molecule has 1 saturated carbocycles. The molecule has 22 heavy (non-hydrogen) atoms. The van der Waals surface area contributed by atoms with Gasteiger partial charge in [0, 0.05) is 12.6 Å². The molecule has 1 aliphatic rings. The molecule has 0 spiro atoms. The number of nitrogens with one attached hydrogen (secondary N) is 3. The van der Waals surface area contributed by atoms with E-state index in [0.717, 1.165) is 32.0 Å². The van der Waals surface area contributed by atoms with E-state index in [1.807, 2.05) is 7.05 Å². The second-order valence-electron chi connectivity index (χ2n) is 7.51. The van der Waals surface area contributed by atoms with Crippen LogP contribution in [0.25, 0.3) is 0 Å². The van der Waals surface area contributed by atoms with Crippen LogP contribution in [-0.2, 0) is 4.79 Å². The van der Waals surface area contributed by atoms with E-state index < -0.39 is 0 Å². The van der Waals surface area contributed by atoms with Crippen LogP contribution in [0, 0.1) is 11.3 Å². The van der Waals surface area contributed by atoms with E-state index in [0.29, 0.717) is 6.54 Å². The molecule has 0 bridgehead atoms. The Morgan fingerprint density at radius 1 is 1.14 bits per heavy atom. The van der Waals surface area contributed by atoms with Crippen molar-refractivity contribution in [3.63, 3.8) is 0 Å². The Morgan fingerprint density at radius 2 is 1.73 bits per heavy atom. The lowest BCUT2D eigenvalue weighted by Gasteiger charge is -2.32. The quantitative estimate of drug-likeness (QED) is 0.521. The summed E-state index contributed by atoms with van der Waals surface area (Å²) in [7, 11) is 1.87. The van der Waals surface area contributed by atoms with Crippen molar-refractivity contribution in [1.82, 2.24) is 16.0 Å². The molecule has 1 aliphatic carbocycles. The van der Waals surface area contributed by atoms with Gasteiger partial charge < -0.3 is 20.7 Å². The molecule has 2 amide bonds. The summed E-state index contributed by atoms with van der Waals surface area (Å²) in [5.41, 5.74) is -0.0423. The average molecular weight is 311 g/mol. The van der Waals surface area contributed by atoms with Crippen molar-refractivity contribution in [2.75, 3.05) is 13.6 Å². The van der Waals surface area contributed by atoms with Crippen LogP contribution >= 0.6 is 0 Å². The third kappa shape index (κ3) is 6.34. The van der Waals surface area contributed by atoms with E-state index >= 15 is 0 Å². The summed E-state index contributed by atoms with van der Waals surface area (Å²) in [5, 5.41) is 8.99. The molecule has 128 valence electrons. The number of amides is 2. The maximum atomic E-state index is 12.3. The minimum absolute atomic E-state index is 0.0129. The molecule has 0 aromatic carbocycles. The number of carbonyl (C=O) groups is 2. The SMILES string of the molecule is CNCC(NC(=O)NC(C=O)C1CCCCCC1)C(C)(C)C. The Balaban J connectivity index is 2.57. The first-order valence-corrected chi connectivity index (χ1v) is 8.55. The Morgan fingerprint density at radius 3 is 2.18 bits per heavy atom. The molecule has 0 heterocycles. The molecule has 0 saturated heterocycles. The fraction of sp³-hybridized carbons (Fsp3) is 0.882. The zero-order valence-corrected chi connectivity index (χ0v) is 14.6. The highest BCUT2D eigenvalue weighted by molar-refractivity contribution is 5.78. The van der Waals surface area contributed by atoms with Crippen LogP contribution in [0.15, 0.2) is 0 Å². The van der Waals surface area contributed by atoms with Crippen LogP contribution in [0.5, 0.6) is 0 Å². The lowest BCUT2D eigenvalue weighted by atomic mass is 9.86. The fourth-order valence-corrected chi connectivity index (χ4v) is 3.06. The van der Waals surface area contributed by atoms with Crippen molar-refractivity contribution in [2.24, 2.45) is 11.3 Å². The number of carbonyl (C=O) groups excluding carboxylic acids is 2. The zero-order chi connectivity index (χ0) is 16.6. The molecule has 0 aromatic heterocycles. The molecule has 2 unspecified atom stereocenters. The van der Waals surface area contributed by atoms with Crippen molar-refractivity contribution in [2.45, 2.75) is 71.4 Å². The van der Waals surface area contributed by atoms with E-state index in [-0.39, 0.29) is 29.4 Å². The Kier molecular flexibility index (Phi) is 7.87. The van der Waals surface area contributed by atoms with Gasteiger partial charge in [0.15, 0.2) is 0 Å². The molecule has 3 N–H and O–H groups in total. The van der Waals surface area contributed by atoms with Gasteiger partial charge in [0.05, 0.1) is 6.04 Å². The fourth-order valence-electron chi connectivity index (χ4n) is 3.06. The molecular weight excluding hydrogens is 278 g/mol. The monoisotopic (exact) mass is 311 g/mol. The summed E-state index contributed by atoms with van der Waals surface area (Å²) in [6, 6.07) is -0.594. The van der Waals surface area contributed by atoms with Gasteiger partial charge in [-0.25, -0.2) is 4.79 Å². The predicted octanol–water partition coefficient (Wildman–Crippen LogP) is 2.46. The third-order valence-electron chi connectivity index (χ3n) is 4.61. The topological polar surface area (TPSA) is 70.2 Å². The first kappa shape index (κ1) is 18.9. The van der Waals surface area contributed by atoms with Crippen LogP contribution in [0.4, 0.5) is 4.79 Å². The van der Waals surface area contributed by atoms with Crippen LogP contribution in [0.2, 0.25) is 0 Å². The van der Waals surface area contributed by atoms with Crippen LogP contribution < -0.4 is 16.0 Å². The summed E-state index contributed by atoms with van der Waals surface area (Å²) in [4.78, 5) is 23.7. The van der Waals surface area contributed by atoms with Crippen LogP contribution in [-0.4, -0.2) is 38.0 Å². The zero-order valence-electron chi connectivity index (χ0n) is 14.6. The maximum Gasteiger partial charge on any atom is 0.315 e. The third-order valence-corrected chi connectivity index (χ3v) is 4.61. The van der Waals surface area contributed by atoms with E-state index in [1.54, 1.807) is 0 Å². The molecule has 0 radical (unpaired) electrons. The second-order valence-corrected chi connectivity index (χ2v) is 7.51. The molecule has 1 rings (SSSR count). The number of rotatable bonds is 6. The number of likely N-dealkylation sites (N-methyl/N-ethyl adjacent to an activating group) is 1. The summed E-state index contributed by atoms with van der Waals surface area (Å²) in [6.45, 7) is 6.99. The first-order valence-electron chi connectivity index (χ1n) is 8.55. The summed E-state index contributed by atoms with van der Waals surface area (Å²) < 4.78 is 0. The number of hydrogen-bond acceptors (Lipinski definition) is 3. The van der Waals surface area contributed by atoms with E-state index in [4.69, 9.17) is 0 Å². The van der Waals surface area contributed by atoms with Gasteiger partial charge in [0.2, 0.25) is 0 Å². The minimum Gasteiger partial charge on any atom is -0.334 e. The highest BCUT2D eigenvalue weighted by Crippen LogP contribution is 2.25. The Hall–Kier alpha value is -1.10. The predicted molar refractivity (Wildman–Crippen MR) is 89.9 cm³/mol. The molecule has 1 fully saturated rings. The van der Waals surface area contributed by atoms with E-state index in [9.17, 15) is 9.59 Å². The van der Waals surface area contributed by atoms with Crippen molar-refractivity contribution in [3.8, 4) is 0 Å². The smallest absolute Gasteiger partial charge is 0.315 e. The largest absolute Gasteiger partial charge is 0.334 e. The Labute approximate surface area is 135 Å². The number of aldehydes is 1. The van der Waals surface area contributed by atoms with Crippen molar-refractivity contribution < 1.29 is 9.59 Å². The van der Waals surface area contributed by atoms with Crippen molar-refractivity contribution in [1.29, 1.82) is 0 Å². The van der Waals surface area contributed by atoms with Gasteiger partial charge in [-0.2, -0.15) is 0 Å². The summed E-state index contributed by atoms with van der Waals surface area (Å²) in [5.74, 6) is 0.281. The van der Waals surface area contributed by atoms with Gasteiger partial charge in [-0.05, 0) is 31.2 Å². The van der Waals surface area contributed by atoms with E-state index in [2.05, 4.69) is 36.7 Å². The lowest BCUT2D eigenvalue weighted by molar-refractivity contribution is -0.110. The highest BCUT2D eigenvalue weighted by atomic mass is 16.2. The second kappa shape index (κ2) is 9.13. The highest BCUT2D eigenvalue weighted by Gasteiger charge is 2.28. The van der Waals surface area contributed by atoms with E-state index in [1.165, 1.54) is 12.8 Å². The first-order chi connectivity index (χ1) is 10.4. The molecule has 5 heteroatoms. The summed E-state index contributed by atoms with van der Waals surface area (Å²) >= 11 is 0. The van der Waals surface area contributed by atoms with Gasteiger partial charge in [-0.15, -0.1) is 0 Å².